The van der Waals surface area contributed by atoms with Gasteiger partial charge in [-0.25, -0.2) is 10.2 Å². The summed E-state index contributed by atoms with van der Waals surface area (Å²) < 4.78 is 11.3. The van der Waals surface area contributed by atoms with Gasteiger partial charge in [0.05, 0.1) is 19.0 Å². The topological polar surface area (TPSA) is 92.9 Å². The van der Waals surface area contributed by atoms with Crippen molar-refractivity contribution >= 4 is 45.8 Å². The Kier molecular flexibility index (Phi) is 7.78. The molecule has 7 nitrogen and oxygen atoms in total. The number of benzene rings is 2. The van der Waals surface area contributed by atoms with Crippen molar-refractivity contribution in [2.45, 2.75) is 6.92 Å². The van der Waals surface area contributed by atoms with Crippen LogP contribution in [0.4, 0.5) is 5.69 Å². The number of rotatable bonds is 8. The SMILES string of the molecule is Cc1ccc(NCC(=O)N/N=C\c2cc(Br)ccc2OC(=O)/C=C/c2ccco2)cc1. The number of ether oxygens (including phenoxy) is 1. The summed E-state index contributed by atoms with van der Waals surface area (Å²) in [6.07, 6.45) is 5.70. The number of furan rings is 1. The molecule has 1 heterocycles. The second-order valence-corrected chi connectivity index (χ2v) is 7.38. The highest BCUT2D eigenvalue weighted by atomic mass is 79.9. The van der Waals surface area contributed by atoms with E-state index in [1.54, 1.807) is 30.3 Å². The largest absolute Gasteiger partial charge is 0.465 e. The van der Waals surface area contributed by atoms with E-state index in [1.807, 2.05) is 31.2 Å². The fourth-order valence-corrected chi connectivity index (χ4v) is 2.84. The molecule has 2 N–H and O–H groups in total. The average molecular weight is 482 g/mol. The number of nitrogens with one attached hydrogen (secondary N) is 2. The summed E-state index contributed by atoms with van der Waals surface area (Å²) in [6.45, 7) is 2.06. The van der Waals surface area contributed by atoms with E-state index in [4.69, 9.17) is 9.15 Å². The predicted octanol–water partition coefficient (Wildman–Crippen LogP) is 4.53. The molecule has 0 saturated heterocycles. The lowest BCUT2D eigenvalue weighted by molar-refractivity contribution is -0.129. The van der Waals surface area contributed by atoms with Gasteiger partial charge in [0, 0.05) is 21.8 Å². The van der Waals surface area contributed by atoms with E-state index in [0.29, 0.717) is 17.1 Å². The zero-order valence-corrected chi connectivity index (χ0v) is 18.3. The Morgan fingerprint density at radius 3 is 2.71 bits per heavy atom. The Balaban J connectivity index is 1.56. The lowest BCUT2D eigenvalue weighted by Crippen LogP contribution is -2.25. The molecular weight excluding hydrogens is 462 g/mol. The van der Waals surface area contributed by atoms with E-state index in [0.717, 1.165) is 15.7 Å². The second-order valence-electron chi connectivity index (χ2n) is 6.46. The van der Waals surface area contributed by atoms with Gasteiger partial charge in [0.25, 0.3) is 5.91 Å². The van der Waals surface area contributed by atoms with Gasteiger partial charge < -0.3 is 14.5 Å². The molecule has 3 rings (SSSR count). The Hall–Kier alpha value is -3.65. The van der Waals surface area contributed by atoms with Crippen LogP contribution in [0.5, 0.6) is 5.75 Å². The fourth-order valence-electron chi connectivity index (χ4n) is 2.46. The summed E-state index contributed by atoms with van der Waals surface area (Å²) in [4.78, 5) is 24.1. The van der Waals surface area contributed by atoms with E-state index in [9.17, 15) is 9.59 Å². The number of halogens is 1. The Morgan fingerprint density at radius 1 is 1.16 bits per heavy atom. The van der Waals surface area contributed by atoms with Crippen molar-refractivity contribution in [1.82, 2.24) is 5.43 Å². The van der Waals surface area contributed by atoms with Crippen LogP contribution in [-0.4, -0.2) is 24.6 Å². The van der Waals surface area contributed by atoms with Crippen LogP contribution in [0.2, 0.25) is 0 Å². The first-order valence-electron chi connectivity index (χ1n) is 9.35. The number of aryl methyl sites for hydroxylation is 1. The van der Waals surface area contributed by atoms with Gasteiger partial charge in [-0.2, -0.15) is 5.10 Å². The summed E-state index contributed by atoms with van der Waals surface area (Å²) >= 11 is 3.37. The zero-order valence-electron chi connectivity index (χ0n) is 16.7. The number of nitrogens with zero attached hydrogens (tertiary/aromatic N) is 1. The molecule has 0 saturated carbocycles. The molecule has 1 amide bonds. The van der Waals surface area contributed by atoms with Crippen LogP contribution in [0.1, 0.15) is 16.9 Å². The number of amides is 1. The third-order valence-electron chi connectivity index (χ3n) is 4.01. The van der Waals surface area contributed by atoms with Gasteiger partial charge in [-0.1, -0.05) is 33.6 Å². The van der Waals surface area contributed by atoms with Crippen LogP contribution in [0.15, 0.2) is 80.9 Å². The minimum absolute atomic E-state index is 0.0678. The minimum atomic E-state index is -0.570. The van der Waals surface area contributed by atoms with Crippen molar-refractivity contribution in [3.63, 3.8) is 0 Å². The molecule has 0 aliphatic heterocycles. The maximum Gasteiger partial charge on any atom is 0.336 e. The molecular formula is C23H20BrN3O4. The van der Waals surface area contributed by atoms with Crippen molar-refractivity contribution in [1.29, 1.82) is 0 Å². The molecule has 158 valence electrons. The molecule has 0 aliphatic rings. The summed E-state index contributed by atoms with van der Waals surface area (Å²) in [6, 6.07) is 16.2. The second kappa shape index (κ2) is 10.9. The number of anilines is 1. The molecule has 0 bridgehead atoms. The van der Waals surface area contributed by atoms with Crippen LogP contribution in [-0.2, 0) is 9.59 Å². The number of carbonyl (C=O) groups excluding carboxylic acids is 2. The summed E-state index contributed by atoms with van der Waals surface area (Å²) in [7, 11) is 0. The van der Waals surface area contributed by atoms with E-state index < -0.39 is 5.97 Å². The third kappa shape index (κ3) is 7.27. The van der Waals surface area contributed by atoms with Gasteiger partial charge in [-0.15, -0.1) is 0 Å². The monoisotopic (exact) mass is 481 g/mol. The number of esters is 1. The minimum Gasteiger partial charge on any atom is -0.465 e. The molecule has 0 spiro atoms. The number of carbonyl (C=O) groups is 2. The third-order valence-corrected chi connectivity index (χ3v) is 4.50. The van der Waals surface area contributed by atoms with E-state index in [2.05, 4.69) is 31.8 Å². The zero-order chi connectivity index (χ0) is 22.1. The quantitative estimate of drug-likeness (QED) is 0.162. The number of hydrogen-bond acceptors (Lipinski definition) is 6. The fraction of sp³-hybridized carbons (Fsp3) is 0.0870. The van der Waals surface area contributed by atoms with Crippen molar-refractivity contribution in [2.24, 2.45) is 5.10 Å². The number of hydrazone groups is 1. The highest BCUT2D eigenvalue weighted by Crippen LogP contribution is 2.22. The van der Waals surface area contributed by atoms with E-state index >= 15 is 0 Å². The van der Waals surface area contributed by atoms with Crippen LogP contribution >= 0.6 is 15.9 Å². The van der Waals surface area contributed by atoms with Crippen LogP contribution in [0, 0.1) is 6.92 Å². The molecule has 3 aromatic rings. The lowest BCUT2D eigenvalue weighted by Gasteiger charge is -2.07. The predicted molar refractivity (Wildman–Crippen MR) is 123 cm³/mol. The Morgan fingerprint density at radius 2 is 1.97 bits per heavy atom. The standard InChI is InChI=1S/C23H20BrN3O4/c1-16-4-7-19(8-5-16)25-15-22(28)27-26-14-17-13-18(24)6-10-21(17)31-23(29)11-9-20-3-2-12-30-20/h2-14,25H,15H2,1H3,(H,27,28)/b11-9+,26-14-. The van der Waals surface area contributed by atoms with Crippen LogP contribution in [0.25, 0.3) is 6.08 Å². The van der Waals surface area contributed by atoms with Gasteiger partial charge in [-0.05, 0) is 55.5 Å². The van der Waals surface area contributed by atoms with Gasteiger partial charge in [-0.3, -0.25) is 4.79 Å². The molecule has 0 atom stereocenters. The lowest BCUT2D eigenvalue weighted by atomic mass is 10.2. The molecule has 2 aromatic carbocycles. The van der Waals surface area contributed by atoms with Crippen LogP contribution in [0.3, 0.4) is 0 Å². The van der Waals surface area contributed by atoms with E-state index in [1.165, 1.54) is 24.6 Å². The maximum atomic E-state index is 12.1. The van der Waals surface area contributed by atoms with Gasteiger partial charge in [0.15, 0.2) is 0 Å². The van der Waals surface area contributed by atoms with Gasteiger partial charge in [0.1, 0.15) is 11.5 Å². The van der Waals surface area contributed by atoms with Crippen molar-refractivity contribution in [2.75, 3.05) is 11.9 Å². The average Bonchev–Trinajstić information content (AvgIpc) is 3.27. The Bertz CT molecular complexity index is 1090. The first-order valence-corrected chi connectivity index (χ1v) is 10.1. The summed E-state index contributed by atoms with van der Waals surface area (Å²) in [5.41, 5.74) is 4.94. The van der Waals surface area contributed by atoms with Crippen molar-refractivity contribution in [3.05, 3.63) is 88.3 Å². The van der Waals surface area contributed by atoms with Crippen LogP contribution < -0.4 is 15.5 Å². The Labute approximate surface area is 187 Å². The molecule has 8 heteroatoms. The highest BCUT2D eigenvalue weighted by Gasteiger charge is 2.07. The van der Waals surface area contributed by atoms with Crippen molar-refractivity contribution < 1.29 is 18.7 Å². The molecule has 31 heavy (non-hydrogen) atoms. The van der Waals surface area contributed by atoms with E-state index in [-0.39, 0.29) is 12.5 Å². The highest BCUT2D eigenvalue weighted by molar-refractivity contribution is 9.10. The first kappa shape index (κ1) is 22.0. The molecule has 0 unspecified atom stereocenters. The van der Waals surface area contributed by atoms with Gasteiger partial charge >= 0.3 is 5.97 Å². The van der Waals surface area contributed by atoms with Crippen molar-refractivity contribution in [3.8, 4) is 5.75 Å². The summed E-state index contributed by atoms with van der Waals surface area (Å²) in [5, 5.41) is 6.97. The molecule has 0 fully saturated rings. The molecule has 1 aromatic heterocycles. The summed E-state index contributed by atoms with van der Waals surface area (Å²) in [5.74, 6) is -0.0453. The van der Waals surface area contributed by atoms with Gasteiger partial charge in [0.2, 0.25) is 0 Å². The number of hydrogen-bond donors (Lipinski definition) is 2. The normalized spacial score (nSPS) is 11.0. The maximum absolute atomic E-state index is 12.1. The first-order chi connectivity index (χ1) is 15.0. The molecule has 0 radical (unpaired) electrons. The smallest absolute Gasteiger partial charge is 0.336 e. The molecule has 0 aliphatic carbocycles.